The largest absolute Gasteiger partial charge is 0.469 e. The van der Waals surface area contributed by atoms with Gasteiger partial charge in [-0.3, -0.25) is 4.52 Å². The third-order valence-corrected chi connectivity index (χ3v) is 2.71. The van der Waals surface area contributed by atoms with Crippen molar-refractivity contribution < 1.29 is 18.9 Å². The number of hydrogen-bond donors (Lipinski definition) is 3. The molecule has 5 nitrogen and oxygen atoms in total. The lowest BCUT2D eigenvalue weighted by atomic mass is 9.85. The Morgan fingerprint density at radius 3 is 2.62 bits per heavy atom. The molecule has 0 unspecified atom stereocenters. The second-order valence-electron chi connectivity index (χ2n) is 3.32. The van der Waals surface area contributed by atoms with Gasteiger partial charge in [-0.05, 0) is 25.3 Å². The molecule has 0 radical (unpaired) electrons. The molecule has 0 bridgehead atoms. The van der Waals surface area contributed by atoms with E-state index in [4.69, 9.17) is 9.79 Å². The quantitative estimate of drug-likeness (QED) is 0.438. The fraction of sp³-hybridized carbons (Fsp3) is 1.00. The lowest BCUT2D eigenvalue weighted by Gasteiger charge is -2.25. The maximum absolute atomic E-state index is 10.2. The van der Waals surface area contributed by atoms with Crippen molar-refractivity contribution in [2.24, 2.45) is 5.92 Å². The predicted molar refractivity (Wildman–Crippen MR) is 48.2 cm³/mol. The third kappa shape index (κ3) is 5.39. The normalized spacial score (nSPS) is 18.6. The summed E-state index contributed by atoms with van der Waals surface area (Å²) in [4.78, 5) is 16.7. The van der Waals surface area contributed by atoms with Crippen LogP contribution in [0.4, 0.5) is 0 Å². The smallest absolute Gasteiger partial charge is 0.314 e. The summed E-state index contributed by atoms with van der Waals surface area (Å²) in [7, 11) is -4.26. The monoisotopic (exact) mass is 209 g/mol. The molecule has 0 heterocycles. The first-order chi connectivity index (χ1) is 6.08. The van der Waals surface area contributed by atoms with E-state index in [2.05, 4.69) is 9.84 Å². The van der Waals surface area contributed by atoms with Gasteiger partial charge in [0.05, 0.1) is 6.61 Å². The van der Waals surface area contributed by atoms with Crippen LogP contribution < -0.4 is 5.32 Å². The van der Waals surface area contributed by atoms with E-state index < -0.39 is 7.82 Å². The highest BCUT2D eigenvalue weighted by atomic mass is 31.2. The van der Waals surface area contributed by atoms with Crippen molar-refractivity contribution in [1.29, 1.82) is 0 Å². The van der Waals surface area contributed by atoms with Gasteiger partial charge in [-0.1, -0.05) is 6.42 Å². The second-order valence-corrected chi connectivity index (χ2v) is 4.56. The number of phosphoric acid groups is 1. The van der Waals surface area contributed by atoms with Crippen LogP contribution in [-0.2, 0) is 9.09 Å². The van der Waals surface area contributed by atoms with Crippen LogP contribution in [0.1, 0.15) is 19.3 Å². The molecule has 0 aromatic heterocycles. The minimum Gasteiger partial charge on any atom is -0.314 e. The van der Waals surface area contributed by atoms with Gasteiger partial charge in [-0.2, -0.15) is 0 Å². The summed E-state index contributed by atoms with van der Waals surface area (Å²) in [5.74, 6) is 0.759. The van der Waals surface area contributed by atoms with Crippen LogP contribution in [0.15, 0.2) is 0 Å². The molecule has 0 atom stereocenters. The van der Waals surface area contributed by atoms with Gasteiger partial charge in [-0.15, -0.1) is 0 Å². The Kier molecular flexibility index (Phi) is 4.35. The van der Waals surface area contributed by atoms with E-state index in [0.29, 0.717) is 6.54 Å². The predicted octanol–water partition coefficient (Wildman–Crippen LogP) is 0.485. The third-order valence-electron chi connectivity index (χ3n) is 2.20. The van der Waals surface area contributed by atoms with E-state index in [0.717, 1.165) is 12.5 Å². The van der Waals surface area contributed by atoms with Crippen LogP contribution >= 0.6 is 7.82 Å². The molecule has 1 rings (SSSR count). The Balaban J connectivity index is 1.86. The molecule has 1 aliphatic rings. The average Bonchev–Trinajstić information content (AvgIpc) is 1.90. The molecule has 0 aromatic carbocycles. The molecular weight excluding hydrogens is 193 g/mol. The van der Waals surface area contributed by atoms with Gasteiger partial charge < -0.3 is 15.1 Å². The van der Waals surface area contributed by atoms with E-state index in [1.54, 1.807) is 0 Å². The summed E-state index contributed by atoms with van der Waals surface area (Å²) in [5.41, 5.74) is 0. The van der Waals surface area contributed by atoms with Crippen LogP contribution in [0.5, 0.6) is 0 Å². The van der Waals surface area contributed by atoms with E-state index in [9.17, 15) is 4.57 Å². The van der Waals surface area contributed by atoms with Crippen LogP contribution in [0.2, 0.25) is 0 Å². The Hall–Kier alpha value is 0.0700. The average molecular weight is 209 g/mol. The number of nitrogens with one attached hydrogen (secondary N) is 1. The maximum Gasteiger partial charge on any atom is 0.469 e. The van der Waals surface area contributed by atoms with Crippen molar-refractivity contribution in [3.63, 3.8) is 0 Å². The molecule has 3 N–H and O–H groups in total. The zero-order valence-corrected chi connectivity index (χ0v) is 8.37. The summed E-state index contributed by atoms with van der Waals surface area (Å²) in [6.45, 7) is 1.50. The Morgan fingerprint density at radius 2 is 2.15 bits per heavy atom. The van der Waals surface area contributed by atoms with Crippen molar-refractivity contribution >= 4 is 7.82 Å². The Labute approximate surface area is 77.7 Å². The minimum absolute atomic E-state index is 0.0665. The lowest BCUT2D eigenvalue weighted by molar-refractivity contribution is 0.194. The van der Waals surface area contributed by atoms with Gasteiger partial charge in [0.2, 0.25) is 0 Å². The van der Waals surface area contributed by atoms with Crippen molar-refractivity contribution in [2.45, 2.75) is 19.3 Å². The SMILES string of the molecule is O=P(O)(O)OCCNCC1CCC1. The van der Waals surface area contributed by atoms with Gasteiger partial charge in [0.15, 0.2) is 0 Å². The highest BCUT2D eigenvalue weighted by Gasteiger charge is 2.16. The molecule has 0 aliphatic heterocycles. The summed E-state index contributed by atoms with van der Waals surface area (Å²) < 4.78 is 14.5. The number of hydrogen-bond acceptors (Lipinski definition) is 3. The van der Waals surface area contributed by atoms with Gasteiger partial charge in [0, 0.05) is 6.54 Å². The minimum atomic E-state index is -4.26. The van der Waals surface area contributed by atoms with Crippen LogP contribution in [0, 0.1) is 5.92 Å². The van der Waals surface area contributed by atoms with Gasteiger partial charge in [-0.25, -0.2) is 4.57 Å². The number of rotatable bonds is 6. The molecule has 78 valence electrons. The molecule has 0 aromatic rings. The first-order valence-electron chi connectivity index (χ1n) is 4.49. The molecule has 13 heavy (non-hydrogen) atoms. The first-order valence-corrected chi connectivity index (χ1v) is 6.02. The highest BCUT2D eigenvalue weighted by molar-refractivity contribution is 7.46. The van der Waals surface area contributed by atoms with E-state index >= 15 is 0 Å². The van der Waals surface area contributed by atoms with Crippen molar-refractivity contribution in [2.75, 3.05) is 19.7 Å². The van der Waals surface area contributed by atoms with E-state index in [1.165, 1.54) is 19.3 Å². The number of phosphoric ester groups is 1. The Bertz CT molecular complexity index is 189. The molecule has 1 saturated carbocycles. The van der Waals surface area contributed by atoms with E-state index in [1.807, 2.05) is 0 Å². The standard InChI is InChI=1S/C7H16NO4P/c9-13(10,11)12-5-4-8-6-7-2-1-3-7/h7-8H,1-6H2,(H2,9,10,11). The van der Waals surface area contributed by atoms with Crippen molar-refractivity contribution in [3.8, 4) is 0 Å². The molecule has 0 saturated heterocycles. The molecular formula is C7H16NO4P. The van der Waals surface area contributed by atoms with Crippen LogP contribution in [0.25, 0.3) is 0 Å². The molecule has 1 fully saturated rings. The summed E-state index contributed by atoms with van der Waals surface area (Å²) >= 11 is 0. The van der Waals surface area contributed by atoms with Crippen molar-refractivity contribution in [3.05, 3.63) is 0 Å². The highest BCUT2D eigenvalue weighted by Crippen LogP contribution is 2.35. The molecule has 0 amide bonds. The first kappa shape index (κ1) is 11.1. The topological polar surface area (TPSA) is 78.8 Å². The maximum atomic E-state index is 10.2. The summed E-state index contributed by atoms with van der Waals surface area (Å²) in [6, 6.07) is 0. The fourth-order valence-electron chi connectivity index (χ4n) is 1.24. The van der Waals surface area contributed by atoms with Crippen LogP contribution in [0.3, 0.4) is 0 Å². The molecule has 6 heteroatoms. The Morgan fingerprint density at radius 1 is 1.46 bits per heavy atom. The lowest BCUT2D eigenvalue weighted by Crippen LogP contribution is -2.29. The summed E-state index contributed by atoms with van der Waals surface area (Å²) in [5, 5.41) is 3.09. The van der Waals surface area contributed by atoms with Crippen LogP contribution in [-0.4, -0.2) is 29.5 Å². The zero-order valence-electron chi connectivity index (χ0n) is 7.48. The zero-order chi connectivity index (χ0) is 9.73. The van der Waals surface area contributed by atoms with Gasteiger partial charge in [0.25, 0.3) is 0 Å². The second kappa shape index (κ2) is 5.08. The fourth-order valence-corrected chi connectivity index (χ4v) is 1.57. The molecule has 0 spiro atoms. The van der Waals surface area contributed by atoms with E-state index in [-0.39, 0.29) is 6.61 Å². The van der Waals surface area contributed by atoms with Gasteiger partial charge >= 0.3 is 7.82 Å². The van der Waals surface area contributed by atoms with Gasteiger partial charge in [0.1, 0.15) is 0 Å². The van der Waals surface area contributed by atoms with Crippen molar-refractivity contribution in [1.82, 2.24) is 5.32 Å². The summed E-state index contributed by atoms with van der Waals surface area (Å²) in [6.07, 6.45) is 3.85. The molecule has 1 aliphatic carbocycles.